The van der Waals surface area contributed by atoms with Crippen LogP contribution in [0.5, 0.6) is 0 Å². The van der Waals surface area contributed by atoms with Crippen LogP contribution in [0.3, 0.4) is 0 Å². The molecule has 0 aromatic rings. The molecular formula is C10H19F2NO. The largest absolute Gasteiger partial charge is 0.337 e. The lowest BCUT2D eigenvalue weighted by Crippen LogP contribution is -2.40. The zero-order valence-corrected chi connectivity index (χ0v) is 9.15. The van der Waals surface area contributed by atoms with E-state index in [0.717, 1.165) is 0 Å². The van der Waals surface area contributed by atoms with Crippen LogP contribution in [0, 0.1) is 0 Å². The highest BCUT2D eigenvalue weighted by Gasteiger charge is 2.30. The third kappa shape index (κ3) is 4.53. The summed E-state index contributed by atoms with van der Waals surface area (Å²) >= 11 is 0. The number of hydrogen-bond acceptors (Lipinski definition) is 1. The number of amides is 1. The molecule has 84 valence electrons. The van der Waals surface area contributed by atoms with Crippen LogP contribution in [0.4, 0.5) is 8.78 Å². The molecule has 2 nitrogen and oxygen atoms in total. The lowest BCUT2D eigenvalue weighted by Gasteiger charge is -2.26. The fourth-order valence-corrected chi connectivity index (χ4v) is 1.18. The summed E-state index contributed by atoms with van der Waals surface area (Å²) in [5.41, 5.74) is 0. The van der Waals surface area contributed by atoms with Crippen LogP contribution >= 0.6 is 0 Å². The van der Waals surface area contributed by atoms with E-state index < -0.39 is 12.5 Å². The molecule has 0 aliphatic heterocycles. The zero-order chi connectivity index (χ0) is 11.2. The smallest absolute Gasteiger partial charge is 0.265 e. The van der Waals surface area contributed by atoms with Gasteiger partial charge in [0.05, 0.1) is 6.54 Å². The molecule has 0 bridgehead atoms. The van der Waals surface area contributed by atoms with Gasteiger partial charge in [-0.05, 0) is 6.42 Å². The van der Waals surface area contributed by atoms with Crippen molar-refractivity contribution in [1.29, 1.82) is 0 Å². The lowest BCUT2D eigenvalue weighted by molar-refractivity contribution is -0.136. The van der Waals surface area contributed by atoms with Crippen molar-refractivity contribution in [3.05, 3.63) is 0 Å². The third-order valence-corrected chi connectivity index (χ3v) is 2.09. The summed E-state index contributed by atoms with van der Waals surface area (Å²) in [5.74, 6) is -2.94. The number of hydrogen-bond donors (Lipinski definition) is 0. The van der Waals surface area contributed by atoms with Crippen LogP contribution in [0.15, 0.2) is 0 Å². The van der Waals surface area contributed by atoms with Gasteiger partial charge < -0.3 is 4.90 Å². The van der Waals surface area contributed by atoms with E-state index in [0.29, 0.717) is 19.4 Å². The van der Waals surface area contributed by atoms with Crippen molar-refractivity contribution in [2.45, 2.75) is 46.0 Å². The Morgan fingerprint density at radius 1 is 1.29 bits per heavy atom. The Bertz CT molecular complexity index is 183. The van der Waals surface area contributed by atoms with Gasteiger partial charge in [-0.25, -0.2) is 8.78 Å². The maximum absolute atomic E-state index is 13.0. The maximum Gasteiger partial charge on any atom is 0.265 e. The highest BCUT2D eigenvalue weighted by Crippen LogP contribution is 2.19. The van der Waals surface area contributed by atoms with Gasteiger partial charge >= 0.3 is 0 Å². The number of alkyl halides is 2. The first-order chi connectivity index (χ1) is 6.46. The molecule has 0 spiro atoms. The first-order valence-corrected chi connectivity index (χ1v) is 5.12. The fraction of sp³-hybridized carbons (Fsp3) is 0.900. The minimum Gasteiger partial charge on any atom is -0.337 e. The second-order valence-corrected chi connectivity index (χ2v) is 3.38. The number of carbonyl (C=O) groups is 1. The average Bonchev–Trinajstić information content (AvgIpc) is 2.16. The molecule has 14 heavy (non-hydrogen) atoms. The molecule has 0 atom stereocenters. The number of carbonyl (C=O) groups excluding carboxylic acids is 1. The van der Waals surface area contributed by atoms with Crippen LogP contribution in [0.1, 0.15) is 40.0 Å². The molecule has 0 heterocycles. The second-order valence-electron chi connectivity index (χ2n) is 3.38. The molecule has 1 amide bonds. The molecule has 0 N–H and O–H groups in total. The minimum absolute atomic E-state index is 0.194. The van der Waals surface area contributed by atoms with Gasteiger partial charge in [0.2, 0.25) is 5.91 Å². The van der Waals surface area contributed by atoms with E-state index in [9.17, 15) is 13.6 Å². The fourth-order valence-electron chi connectivity index (χ4n) is 1.18. The van der Waals surface area contributed by atoms with Gasteiger partial charge in [0.25, 0.3) is 5.92 Å². The van der Waals surface area contributed by atoms with E-state index in [1.807, 2.05) is 6.92 Å². The molecule has 0 unspecified atom stereocenters. The first kappa shape index (κ1) is 13.3. The van der Waals surface area contributed by atoms with E-state index in [4.69, 9.17) is 0 Å². The van der Waals surface area contributed by atoms with Crippen LogP contribution < -0.4 is 0 Å². The monoisotopic (exact) mass is 207 g/mol. The van der Waals surface area contributed by atoms with Crippen molar-refractivity contribution in [2.24, 2.45) is 0 Å². The Kier molecular flexibility index (Phi) is 5.65. The van der Waals surface area contributed by atoms with Gasteiger partial charge in [-0.2, -0.15) is 0 Å². The highest BCUT2D eigenvalue weighted by atomic mass is 19.3. The Labute approximate surface area is 84.3 Å². The number of halogens is 2. The summed E-state index contributed by atoms with van der Waals surface area (Å²) in [5, 5.41) is 0. The average molecular weight is 207 g/mol. The van der Waals surface area contributed by atoms with Crippen molar-refractivity contribution in [3.8, 4) is 0 Å². The van der Waals surface area contributed by atoms with Crippen LogP contribution in [-0.2, 0) is 4.79 Å². The lowest BCUT2D eigenvalue weighted by atomic mass is 10.2. The molecule has 0 saturated carbocycles. The van der Waals surface area contributed by atoms with Gasteiger partial charge in [0.1, 0.15) is 0 Å². The third-order valence-electron chi connectivity index (χ3n) is 2.09. The standard InChI is InChI=1S/C10H19F2NO/c1-4-7-13(9(14)5-2)8-10(11,12)6-3/h4-8H2,1-3H3. The van der Waals surface area contributed by atoms with E-state index in [2.05, 4.69) is 0 Å². The van der Waals surface area contributed by atoms with Crippen molar-refractivity contribution < 1.29 is 13.6 Å². The number of rotatable bonds is 6. The van der Waals surface area contributed by atoms with Gasteiger partial charge in [-0.15, -0.1) is 0 Å². The Morgan fingerprint density at radius 3 is 2.21 bits per heavy atom. The molecular weight excluding hydrogens is 188 g/mol. The van der Waals surface area contributed by atoms with E-state index in [1.165, 1.54) is 11.8 Å². The minimum atomic E-state index is -2.75. The highest BCUT2D eigenvalue weighted by molar-refractivity contribution is 5.75. The molecule has 0 rings (SSSR count). The van der Waals surface area contributed by atoms with Crippen LogP contribution in [-0.4, -0.2) is 29.8 Å². The van der Waals surface area contributed by atoms with Gasteiger partial charge in [0.15, 0.2) is 0 Å². The van der Waals surface area contributed by atoms with Crippen molar-refractivity contribution in [2.75, 3.05) is 13.1 Å². The van der Waals surface area contributed by atoms with E-state index >= 15 is 0 Å². The SMILES string of the molecule is CCCN(CC(F)(F)CC)C(=O)CC. The summed E-state index contributed by atoms with van der Waals surface area (Å²) in [6, 6.07) is 0. The summed E-state index contributed by atoms with van der Waals surface area (Å²) in [6.45, 7) is 4.97. The van der Waals surface area contributed by atoms with Crippen molar-refractivity contribution >= 4 is 5.91 Å². The number of nitrogens with zero attached hydrogens (tertiary/aromatic N) is 1. The summed E-state index contributed by atoms with van der Waals surface area (Å²) < 4.78 is 26.1. The van der Waals surface area contributed by atoms with Gasteiger partial charge in [-0.1, -0.05) is 20.8 Å². The summed E-state index contributed by atoms with van der Waals surface area (Å²) in [4.78, 5) is 12.5. The van der Waals surface area contributed by atoms with Crippen molar-refractivity contribution in [3.63, 3.8) is 0 Å². The molecule has 0 aromatic heterocycles. The molecule has 4 heteroatoms. The van der Waals surface area contributed by atoms with E-state index in [-0.39, 0.29) is 12.3 Å². The predicted molar refractivity (Wildman–Crippen MR) is 52.4 cm³/mol. The second kappa shape index (κ2) is 5.94. The molecule has 0 radical (unpaired) electrons. The summed E-state index contributed by atoms with van der Waals surface area (Å²) in [6.07, 6.45) is 0.787. The quantitative estimate of drug-likeness (QED) is 0.655. The zero-order valence-electron chi connectivity index (χ0n) is 9.15. The molecule has 0 aliphatic rings. The van der Waals surface area contributed by atoms with Crippen LogP contribution in [0.2, 0.25) is 0 Å². The van der Waals surface area contributed by atoms with Gasteiger partial charge in [0, 0.05) is 19.4 Å². The van der Waals surface area contributed by atoms with Crippen LogP contribution in [0.25, 0.3) is 0 Å². The first-order valence-electron chi connectivity index (χ1n) is 5.12. The molecule has 0 fully saturated rings. The van der Waals surface area contributed by atoms with Crippen molar-refractivity contribution in [1.82, 2.24) is 4.90 Å². The Morgan fingerprint density at radius 2 is 1.86 bits per heavy atom. The molecule has 0 aliphatic carbocycles. The predicted octanol–water partition coefficient (Wildman–Crippen LogP) is 2.68. The Balaban J connectivity index is 4.29. The molecule has 0 aromatic carbocycles. The summed E-state index contributed by atoms with van der Waals surface area (Å²) in [7, 11) is 0. The normalized spacial score (nSPS) is 11.5. The van der Waals surface area contributed by atoms with E-state index in [1.54, 1.807) is 6.92 Å². The topological polar surface area (TPSA) is 20.3 Å². The maximum atomic E-state index is 13.0. The van der Waals surface area contributed by atoms with Gasteiger partial charge in [-0.3, -0.25) is 4.79 Å². The Hall–Kier alpha value is -0.670. The molecule has 0 saturated heterocycles.